The molecule has 2 heterocycles. The molecule has 0 bridgehead atoms. The third-order valence-electron chi connectivity index (χ3n) is 4.45. The summed E-state index contributed by atoms with van der Waals surface area (Å²) in [6.45, 7) is 5.50. The first-order chi connectivity index (χ1) is 13.7. The van der Waals surface area contributed by atoms with Crippen LogP contribution in [0.2, 0.25) is 0 Å². The normalized spacial score (nSPS) is 20.1. The monoisotopic (exact) mass is 404 g/mol. The van der Waals surface area contributed by atoms with Crippen LogP contribution >= 0.6 is 0 Å². The number of carbonyl (C=O) groups is 4. The zero-order valence-electron chi connectivity index (χ0n) is 16.6. The molecule has 1 N–H and O–H groups in total. The number of carbonyl (C=O) groups excluding carboxylic acids is 4. The number of nitrogens with one attached hydrogen (secondary N) is 1. The van der Waals surface area contributed by atoms with Gasteiger partial charge in [-0.05, 0) is 52.2 Å². The highest BCUT2D eigenvalue weighted by Crippen LogP contribution is 2.24. The van der Waals surface area contributed by atoms with E-state index in [1.165, 1.54) is 12.1 Å². The maximum Gasteiger partial charge on any atom is 0.408 e. The third-order valence-corrected chi connectivity index (χ3v) is 4.45. The molecule has 2 aliphatic rings. The molecule has 2 atom stereocenters. The van der Waals surface area contributed by atoms with Gasteiger partial charge in [0, 0.05) is 6.61 Å². The molecule has 2 aliphatic heterocycles. The lowest BCUT2D eigenvalue weighted by molar-refractivity contribution is -0.176. The minimum Gasteiger partial charge on any atom is -0.444 e. The Labute approximate surface area is 168 Å². The van der Waals surface area contributed by atoms with Crippen molar-refractivity contribution in [1.29, 1.82) is 0 Å². The summed E-state index contributed by atoms with van der Waals surface area (Å²) in [5.74, 6) is -2.45. The number of fused-ring (bicyclic) bond motifs is 1. The number of hydrogen-bond donors (Lipinski definition) is 1. The van der Waals surface area contributed by atoms with Crippen molar-refractivity contribution >= 4 is 23.9 Å². The molecule has 1 saturated heterocycles. The summed E-state index contributed by atoms with van der Waals surface area (Å²) in [7, 11) is 0. The molecular formula is C20H24N2O7. The van der Waals surface area contributed by atoms with E-state index in [9.17, 15) is 19.2 Å². The molecule has 29 heavy (non-hydrogen) atoms. The van der Waals surface area contributed by atoms with Crippen molar-refractivity contribution in [2.24, 2.45) is 0 Å². The van der Waals surface area contributed by atoms with Crippen LogP contribution in [0.3, 0.4) is 0 Å². The highest BCUT2D eigenvalue weighted by Gasteiger charge is 2.42. The van der Waals surface area contributed by atoms with Gasteiger partial charge in [-0.25, -0.2) is 9.59 Å². The summed E-state index contributed by atoms with van der Waals surface area (Å²) in [5, 5.41) is 2.87. The Kier molecular flexibility index (Phi) is 5.88. The second-order valence-electron chi connectivity index (χ2n) is 7.89. The Bertz CT molecular complexity index is 789. The van der Waals surface area contributed by atoms with Gasteiger partial charge in [-0.15, -0.1) is 0 Å². The average Bonchev–Trinajstić information content (AvgIpc) is 2.90. The van der Waals surface area contributed by atoms with Crippen LogP contribution < -0.4 is 5.32 Å². The van der Waals surface area contributed by atoms with Gasteiger partial charge in [0.25, 0.3) is 11.8 Å². The first-order valence-electron chi connectivity index (χ1n) is 9.48. The van der Waals surface area contributed by atoms with Crippen LogP contribution in [0.15, 0.2) is 24.3 Å². The second-order valence-corrected chi connectivity index (χ2v) is 7.89. The van der Waals surface area contributed by atoms with E-state index in [0.29, 0.717) is 18.1 Å². The van der Waals surface area contributed by atoms with Crippen molar-refractivity contribution in [1.82, 2.24) is 10.4 Å². The van der Waals surface area contributed by atoms with E-state index in [2.05, 4.69) is 5.32 Å². The van der Waals surface area contributed by atoms with E-state index in [1.807, 2.05) is 0 Å². The van der Waals surface area contributed by atoms with Gasteiger partial charge in [0.1, 0.15) is 5.60 Å². The van der Waals surface area contributed by atoms with E-state index in [4.69, 9.17) is 14.3 Å². The van der Waals surface area contributed by atoms with Crippen molar-refractivity contribution in [3.63, 3.8) is 0 Å². The molecule has 1 aromatic carbocycles. The molecule has 9 nitrogen and oxygen atoms in total. The topological polar surface area (TPSA) is 111 Å². The molecule has 0 radical (unpaired) electrons. The lowest BCUT2D eigenvalue weighted by Gasteiger charge is -2.30. The van der Waals surface area contributed by atoms with Gasteiger partial charge >= 0.3 is 12.1 Å². The first-order valence-corrected chi connectivity index (χ1v) is 9.48. The van der Waals surface area contributed by atoms with Gasteiger partial charge in [0.2, 0.25) is 0 Å². The first kappa shape index (κ1) is 20.8. The molecule has 9 heteroatoms. The quantitative estimate of drug-likeness (QED) is 0.766. The summed E-state index contributed by atoms with van der Waals surface area (Å²) in [6.07, 6.45) is 0.674. The van der Waals surface area contributed by atoms with E-state index in [-0.39, 0.29) is 11.1 Å². The second kappa shape index (κ2) is 8.20. The highest BCUT2D eigenvalue weighted by atomic mass is 16.7. The third kappa shape index (κ3) is 4.73. The molecule has 1 aromatic rings. The summed E-state index contributed by atoms with van der Waals surface area (Å²) in [4.78, 5) is 55.0. The van der Waals surface area contributed by atoms with Crippen LogP contribution in [0, 0.1) is 0 Å². The fourth-order valence-corrected chi connectivity index (χ4v) is 3.16. The van der Waals surface area contributed by atoms with E-state index in [0.717, 1.165) is 12.8 Å². The van der Waals surface area contributed by atoms with Gasteiger partial charge in [-0.1, -0.05) is 17.2 Å². The van der Waals surface area contributed by atoms with Crippen molar-refractivity contribution < 1.29 is 33.5 Å². The van der Waals surface area contributed by atoms with Crippen LogP contribution in [0.25, 0.3) is 0 Å². The Hall–Kier alpha value is -2.94. The molecule has 0 aliphatic carbocycles. The predicted octanol–water partition coefficient (Wildman–Crippen LogP) is 2.20. The van der Waals surface area contributed by atoms with Crippen molar-refractivity contribution in [3.05, 3.63) is 35.4 Å². The van der Waals surface area contributed by atoms with Crippen molar-refractivity contribution in [2.75, 3.05) is 6.61 Å². The maximum absolute atomic E-state index is 12.8. The summed E-state index contributed by atoms with van der Waals surface area (Å²) < 4.78 is 10.8. The average molecular weight is 404 g/mol. The minimum absolute atomic E-state index is 0.149. The summed E-state index contributed by atoms with van der Waals surface area (Å²) >= 11 is 0. The van der Waals surface area contributed by atoms with Crippen molar-refractivity contribution in [2.45, 2.75) is 57.8 Å². The number of benzene rings is 1. The Morgan fingerprint density at radius 3 is 2.28 bits per heavy atom. The number of hydrogen-bond acceptors (Lipinski definition) is 7. The van der Waals surface area contributed by atoms with E-state index in [1.54, 1.807) is 32.9 Å². The van der Waals surface area contributed by atoms with E-state index < -0.39 is 41.6 Å². The molecule has 156 valence electrons. The largest absolute Gasteiger partial charge is 0.444 e. The lowest BCUT2D eigenvalue weighted by atomic mass is 10.0. The SMILES string of the molecule is CC(C)(C)OC(=O)NC(C(=O)ON1C(=O)c2ccccc2C1=O)C1CCCCO1. The lowest BCUT2D eigenvalue weighted by Crippen LogP contribution is -2.54. The van der Waals surface area contributed by atoms with Crippen LogP contribution in [0.4, 0.5) is 4.79 Å². The molecule has 2 unspecified atom stereocenters. The molecule has 1 fully saturated rings. The number of hydroxylamine groups is 2. The fourth-order valence-electron chi connectivity index (χ4n) is 3.16. The standard InChI is InChI=1S/C20H24N2O7/c1-20(2,3)28-19(26)21-15(14-10-6-7-11-27-14)18(25)29-22-16(23)12-8-4-5-9-13(12)17(22)24/h4-5,8-9,14-15H,6-7,10-11H2,1-3H3,(H,21,26). The van der Waals surface area contributed by atoms with Gasteiger partial charge in [-0.3, -0.25) is 9.59 Å². The highest BCUT2D eigenvalue weighted by molar-refractivity contribution is 6.20. The zero-order chi connectivity index (χ0) is 21.2. The van der Waals surface area contributed by atoms with E-state index >= 15 is 0 Å². The van der Waals surface area contributed by atoms with Gasteiger partial charge in [0.15, 0.2) is 6.04 Å². The summed E-state index contributed by atoms with van der Waals surface area (Å²) in [6, 6.07) is 4.94. The zero-order valence-corrected chi connectivity index (χ0v) is 16.6. The number of imide groups is 1. The Morgan fingerprint density at radius 1 is 1.14 bits per heavy atom. The smallest absolute Gasteiger partial charge is 0.408 e. The molecule has 3 amide bonds. The number of ether oxygens (including phenoxy) is 2. The Morgan fingerprint density at radius 2 is 1.76 bits per heavy atom. The minimum atomic E-state index is -1.23. The Balaban J connectivity index is 1.75. The molecular weight excluding hydrogens is 380 g/mol. The number of rotatable bonds is 4. The van der Waals surface area contributed by atoms with Gasteiger partial charge in [0.05, 0.1) is 17.2 Å². The number of nitrogens with zero attached hydrogens (tertiary/aromatic N) is 1. The molecule has 3 rings (SSSR count). The van der Waals surface area contributed by atoms with Gasteiger partial charge in [-0.2, -0.15) is 0 Å². The van der Waals surface area contributed by atoms with Crippen LogP contribution in [0.5, 0.6) is 0 Å². The predicted molar refractivity (Wildman–Crippen MR) is 99.8 cm³/mol. The van der Waals surface area contributed by atoms with Crippen LogP contribution in [-0.2, 0) is 19.1 Å². The summed E-state index contributed by atoms with van der Waals surface area (Å²) in [5.41, 5.74) is -0.471. The van der Waals surface area contributed by atoms with Gasteiger partial charge < -0.3 is 19.6 Å². The number of amides is 3. The van der Waals surface area contributed by atoms with Crippen LogP contribution in [0.1, 0.15) is 60.7 Å². The molecule has 0 aromatic heterocycles. The molecule has 0 saturated carbocycles. The fraction of sp³-hybridized carbons (Fsp3) is 0.500. The number of alkyl carbamates (subject to hydrolysis) is 1. The van der Waals surface area contributed by atoms with Crippen molar-refractivity contribution in [3.8, 4) is 0 Å². The maximum atomic E-state index is 12.8. The van der Waals surface area contributed by atoms with Crippen LogP contribution in [-0.4, -0.2) is 53.3 Å². The molecule has 0 spiro atoms.